The van der Waals surface area contributed by atoms with Gasteiger partial charge >= 0.3 is 0 Å². The maximum absolute atomic E-state index is 6.10. The zero-order valence-corrected chi connectivity index (χ0v) is 10.8. The lowest BCUT2D eigenvalue weighted by Gasteiger charge is -2.04. The number of nitrogen functional groups attached to an aromatic ring is 1. The topological polar surface area (TPSA) is 68.8 Å². The summed E-state index contributed by atoms with van der Waals surface area (Å²) in [5, 5.41) is 8.25. The van der Waals surface area contributed by atoms with Crippen LogP contribution in [0.4, 0.5) is 11.9 Å². The van der Waals surface area contributed by atoms with Crippen LogP contribution in [0.5, 0.6) is 0 Å². The summed E-state index contributed by atoms with van der Waals surface area (Å²) < 4.78 is 1.59. The minimum Gasteiger partial charge on any atom is -0.368 e. The molecule has 3 rings (SSSR count). The number of nitrogens with one attached hydrogen (secondary N) is 1. The van der Waals surface area contributed by atoms with E-state index in [9.17, 15) is 0 Å². The van der Waals surface area contributed by atoms with Crippen molar-refractivity contribution in [3.05, 3.63) is 28.8 Å². The molecule has 0 spiro atoms. The normalized spacial score (nSPS) is 14.8. The molecule has 1 aromatic carbocycles. The maximum Gasteiger partial charge on any atom is 0.244 e. The van der Waals surface area contributed by atoms with Gasteiger partial charge in [0, 0.05) is 11.1 Å². The Morgan fingerprint density at radius 2 is 2.22 bits per heavy atom. The van der Waals surface area contributed by atoms with Crippen LogP contribution in [0.25, 0.3) is 5.69 Å². The first-order valence-electron chi connectivity index (χ1n) is 5.89. The Morgan fingerprint density at radius 1 is 1.44 bits per heavy atom. The lowest BCUT2D eigenvalue weighted by molar-refractivity contribution is 0.886. The van der Waals surface area contributed by atoms with Gasteiger partial charge in [-0.3, -0.25) is 0 Å². The Kier molecular flexibility index (Phi) is 2.63. The third kappa shape index (κ3) is 2.13. The van der Waals surface area contributed by atoms with Crippen molar-refractivity contribution in [2.75, 3.05) is 11.1 Å². The molecule has 1 fully saturated rings. The molecule has 0 unspecified atom stereocenters. The molecule has 1 aliphatic rings. The predicted octanol–water partition coefficient (Wildman–Crippen LogP) is 2.39. The van der Waals surface area contributed by atoms with Crippen molar-refractivity contribution in [1.82, 2.24) is 14.8 Å². The first-order valence-corrected chi connectivity index (χ1v) is 6.27. The van der Waals surface area contributed by atoms with Gasteiger partial charge in [-0.15, -0.1) is 5.10 Å². The zero-order chi connectivity index (χ0) is 12.7. The highest BCUT2D eigenvalue weighted by atomic mass is 35.5. The molecule has 1 aromatic heterocycles. The Labute approximate surface area is 110 Å². The average Bonchev–Trinajstić information content (AvgIpc) is 3.06. The fraction of sp³-hybridized carbons (Fsp3) is 0.333. The van der Waals surface area contributed by atoms with Gasteiger partial charge in [-0.1, -0.05) is 17.7 Å². The summed E-state index contributed by atoms with van der Waals surface area (Å²) in [5.74, 6) is 0.935. The Hall–Kier alpha value is -1.75. The first kappa shape index (κ1) is 11.3. The number of nitrogens with zero attached hydrogens (tertiary/aromatic N) is 3. The standard InChI is InChI=1S/C12H14ClN5/c1-7-2-5-9(6-10(7)13)18-11(14)16-12(17-18)15-8-3-4-8/h2,5-6,8H,3-4H2,1H3,(H3,14,15,16,17). The van der Waals surface area contributed by atoms with Crippen LogP contribution in [0.2, 0.25) is 5.02 Å². The molecular weight excluding hydrogens is 250 g/mol. The number of halogens is 1. The van der Waals surface area contributed by atoms with E-state index in [-0.39, 0.29) is 0 Å². The molecule has 18 heavy (non-hydrogen) atoms. The van der Waals surface area contributed by atoms with Crippen molar-refractivity contribution in [3.8, 4) is 5.69 Å². The van der Waals surface area contributed by atoms with Gasteiger partial charge in [0.05, 0.1) is 5.69 Å². The van der Waals surface area contributed by atoms with Gasteiger partial charge in [0.2, 0.25) is 11.9 Å². The Bertz CT molecular complexity index is 588. The van der Waals surface area contributed by atoms with Crippen molar-refractivity contribution in [2.45, 2.75) is 25.8 Å². The minimum atomic E-state index is 0.359. The van der Waals surface area contributed by atoms with Gasteiger partial charge in [-0.05, 0) is 37.5 Å². The smallest absolute Gasteiger partial charge is 0.244 e. The number of nitrogens with two attached hydrogens (primary N) is 1. The fourth-order valence-corrected chi connectivity index (χ4v) is 1.87. The van der Waals surface area contributed by atoms with E-state index in [1.807, 2.05) is 25.1 Å². The maximum atomic E-state index is 6.10. The van der Waals surface area contributed by atoms with Gasteiger partial charge in [-0.2, -0.15) is 9.67 Å². The summed E-state index contributed by atoms with van der Waals surface area (Å²) in [6, 6.07) is 6.20. The van der Waals surface area contributed by atoms with Gasteiger partial charge < -0.3 is 11.1 Å². The van der Waals surface area contributed by atoms with E-state index in [0.29, 0.717) is 23.0 Å². The average molecular weight is 264 g/mol. The predicted molar refractivity (Wildman–Crippen MR) is 72.2 cm³/mol. The van der Waals surface area contributed by atoms with E-state index >= 15 is 0 Å². The summed E-state index contributed by atoms with van der Waals surface area (Å²) in [7, 11) is 0. The molecule has 6 heteroatoms. The number of aryl methyl sites for hydroxylation is 1. The third-order valence-electron chi connectivity index (χ3n) is 2.94. The molecule has 2 aromatic rings. The summed E-state index contributed by atoms with van der Waals surface area (Å²) in [6.45, 7) is 1.96. The number of anilines is 2. The zero-order valence-electron chi connectivity index (χ0n) is 10.0. The molecule has 0 aliphatic heterocycles. The molecule has 0 saturated heterocycles. The van der Waals surface area contributed by atoms with Gasteiger partial charge in [-0.25, -0.2) is 0 Å². The number of hydrogen-bond donors (Lipinski definition) is 2. The van der Waals surface area contributed by atoms with E-state index < -0.39 is 0 Å². The van der Waals surface area contributed by atoms with E-state index in [1.165, 1.54) is 12.8 Å². The summed E-state index contributed by atoms with van der Waals surface area (Å²) >= 11 is 6.10. The van der Waals surface area contributed by atoms with Crippen LogP contribution in [0.15, 0.2) is 18.2 Å². The quantitative estimate of drug-likeness (QED) is 0.892. The summed E-state index contributed by atoms with van der Waals surface area (Å²) in [6.07, 6.45) is 2.34. The van der Waals surface area contributed by atoms with Crippen LogP contribution in [0.1, 0.15) is 18.4 Å². The van der Waals surface area contributed by atoms with Crippen molar-refractivity contribution in [2.24, 2.45) is 0 Å². The second kappa shape index (κ2) is 4.17. The highest BCUT2D eigenvalue weighted by Crippen LogP contribution is 2.25. The van der Waals surface area contributed by atoms with Crippen LogP contribution in [0, 0.1) is 6.92 Å². The van der Waals surface area contributed by atoms with Crippen molar-refractivity contribution in [1.29, 1.82) is 0 Å². The van der Waals surface area contributed by atoms with Crippen LogP contribution in [-0.4, -0.2) is 20.8 Å². The van der Waals surface area contributed by atoms with E-state index in [4.69, 9.17) is 17.3 Å². The monoisotopic (exact) mass is 263 g/mol. The van der Waals surface area contributed by atoms with E-state index in [2.05, 4.69) is 15.4 Å². The third-order valence-corrected chi connectivity index (χ3v) is 3.35. The van der Waals surface area contributed by atoms with Gasteiger partial charge in [0.15, 0.2) is 0 Å². The molecule has 0 bridgehead atoms. The van der Waals surface area contributed by atoms with Crippen LogP contribution in [0.3, 0.4) is 0 Å². The Morgan fingerprint density at radius 3 is 2.89 bits per heavy atom. The molecule has 5 nitrogen and oxygen atoms in total. The van der Waals surface area contributed by atoms with Crippen LogP contribution < -0.4 is 11.1 Å². The van der Waals surface area contributed by atoms with Crippen LogP contribution in [-0.2, 0) is 0 Å². The van der Waals surface area contributed by atoms with Crippen molar-refractivity contribution < 1.29 is 0 Å². The molecule has 94 valence electrons. The van der Waals surface area contributed by atoms with Crippen LogP contribution >= 0.6 is 11.6 Å². The lowest BCUT2D eigenvalue weighted by Crippen LogP contribution is -2.04. The molecule has 0 amide bonds. The fourth-order valence-electron chi connectivity index (χ4n) is 1.70. The molecule has 1 heterocycles. The molecule has 3 N–H and O–H groups in total. The highest BCUT2D eigenvalue weighted by Gasteiger charge is 2.23. The molecule has 0 atom stereocenters. The second-order valence-electron chi connectivity index (χ2n) is 4.56. The first-order chi connectivity index (χ1) is 8.63. The SMILES string of the molecule is Cc1ccc(-n2nc(NC3CC3)nc2N)cc1Cl. The van der Waals surface area contributed by atoms with E-state index in [0.717, 1.165) is 11.3 Å². The second-order valence-corrected chi connectivity index (χ2v) is 4.96. The molecule has 1 aliphatic carbocycles. The molecule has 0 radical (unpaired) electrons. The summed E-state index contributed by atoms with van der Waals surface area (Å²) in [5.41, 5.74) is 7.71. The number of benzene rings is 1. The van der Waals surface area contributed by atoms with Gasteiger partial charge in [0.25, 0.3) is 0 Å². The minimum absolute atomic E-state index is 0.359. The molecular formula is C12H14ClN5. The van der Waals surface area contributed by atoms with E-state index in [1.54, 1.807) is 4.68 Å². The Balaban J connectivity index is 1.94. The van der Waals surface area contributed by atoms with Gasteiger partial charge in [0.1, 0.15) is 0 Å². The molecule has 1 saturated carbocycles. The summed E-state index contributed by atoms with van der Waals surface area (Å²) in [4.78, 5) is 4.19. The largest absolute Gasteiger partial charge is 0.368 e. The van der Waals surface area contributed by atoms with Crippen molar-refractivity contribution in [3.63, 3.8) is 0 Å². The number of aromatic nitrogens is 3. The number of hydrogen-bond acceptors (Lipinski definition) is 4. The van der Waals surface area contributed by atoms with Crippen molar-refractivity contribution >= 4 is 23.5 Å². The number of rotatable bonds is 3. The highest BCUT2D eigenvalue weighted by molar-refractivity contribution is 6.31. The lowest BCUT2D eigenvalue weighted by atomic mass is 10.2.